The Labute approximate surface area is 194 Å². The van der Waals surface area contributed by atoms with Gasteiger partial charge in [-0.3, -0.25) is 9.69 Å². The van der Waals surface area contributed by atoms with Crippen LogP contribution in [0.3, 0.4) is 0 Å². The Morgan fingerprint density at radius 3 is 2.73 bits per heavy atom. The molecule has 8 nitrogen and oxygen atoms in total. The van der Waals surface area contributed by atoms with Gasteiger partial charge >= 0.3 is 0 Å². The van der Waals surface area contributed by atoms with E-state index in [2.05, 4.69) is 10.2 Å². The topological polar surface area (TPSA) is 108 Å². The Balaban J connectivity index is 1.64. The molecule has 168 valence electrons. The summed E-state index contributed by atoms with van der Waals surface area (Å²) in [7, 11) is 0. The van der Waals surface area contributed by atoms with Crippen LogP contribution in [0.1, 0.15) is 23.8 Å². The summed E-state index contributed by atoms with van der Waals surface area (Å²) in [4.78, 5) is 15.1. The predicted octanol–water partition coefficient (Wildman–Crippen LogP) is 4.60. The number of rotatable bonds is 7. The fourth-order valence-corrected chi connectivity index (χ4v) is 4.00. The van der Waals surface area contributed by atoms with Crippen LogP contribution in [0.2, 0.25) is 0 Å². The van der Waals surface area contributed by atoms with E-state index >= 15 is 0 Å². The highest BCUT2D eigenvalue weighted by atomic mass is 32.2. The smallest absolute Gasteiger partial charge is 0.267 e. The van der Waals surface area contributed by atoms with Gasteiger partial charge in [0.1, 0.15) is 11.5 Å². The number of carbonyl (C=O) groups is 1. The summed E-state index contributed by atoms with van der Waals surface area (Å²) in [6.45, 7) is 2.43. The van der Waals surface area contributed by atoms with E-state index < -0.39 is 0 Å². The number of amides is 1. The summed E-state index contributed by atoms with van der Waals surface area (Å²) in [6, 6.07) is 15.2. The van der Waals surface area contributed by atoms with Crippen molar-refractivity contribution in [3.8, 4) is 17.2 Å². The zero-order chi connectivity index (χ0) is 23.2. The summed E-state index contributed by atoms with van der Waals surface area (Å²) < 4.78 is 10.8. The first-order chi connectivity index (χ1) is 16.0. The van der Waals surface area contributed by atoms with E-state index in [1.165, 1.54) is 28.9 Å². The van der Waals surface area contributed by atoms with Gasteiger partial charge in [-0.25, -0.2) is 0 Å². The second-order valence-corrected chi connectivity index (χ2v) is 7.94. The molecule has 0 atom stereocenters. The van der Waals surface area contributed by atoms with Crippen molar-refractivity contribution in [2.45, 2.75) is 13.5 Å². The molecule has 1 amide bonds. The van der Waals surface area contributed by atoms with Crippen LogP contribution < -0.4 is 4.74 Å². The molecule has 0 saturated carbocycles. The molecule has 2 aromatic carbocycles. The van der Waals surface area contributed by atoms with Crippen LogP contribution in [0.25, 0.3) is 6.08 Å². The maximum atomic E-state index is 13.2. The Morgan fingerprint density at radius 1 is 1.12 bits per heavy atom. The van der Waals surface area contributed by atoms with Gasteiger partial charge in [0, 0.05) is 5.56 Å². The molecule has 0 aliphatic carbocycles. The van der Waals surface area contributed by atoms with Crippen molar-refractivity contribution in [3.05, 3.63) is 82.7 Å². The van der Waals surface area contributed by atoms with Crippen LogP contribution in [0.5, 0.6) is 17.2 Å². The Hall–Kier alpha value is -3.98. The van der Waals surface area contributed by atoms with Crippen LogP contribution in [0, 0.1) is 0 Å². The summed E-state index contributed by atoms with van der Waals surface area (Å²) >= 11 is 1.17. The molecule has 1 aliphatic rings. The summed E-state index contributed by atoms with van der Waals surface area (Å²) in [5.74, 6) is 0.812. The first-order valence-electron chi connectivity index (χ1n) is 10.1. The third kappa shape index (κ3) is 5.27. The molecule has 1 fully saturated rings. The van der Waals surface area contributed by atoms with Gasteiger partial charge in [-0.2, -0.15) is 5.10 Å². The minimum Gasteiger partial charge on any atom is -0.507 e. The molecule has 0 spiro atoms. The highest BCUT2D eigenvalue weighted by Crippen LogP contribution is 2.35. The summed E-state index contributed by atoms with van der Waals surface area (Å²) in [5, 5.41) is 28.5. The minimum absolute atomic E-state index is 0.0320. The highest BCUT2D eigenvalue weighted by molar-refractivity contribution is 8.18. The van der Waals surface area contributed by atoms with Gasteiger partial charge in [0.05, 0.1) is 30.5 Å². The molecule has 1 aromatic heterocycles. The Kier molecular flexibility index (Phi) is 6.80. The van der Waals surface area contributed by atoms with Crippen molar-refractivity contribution in [1.82, 2.24) is 4.90 Å². The third-order valence-electron chi connectivity index (χ3n) is 4.64. The van der Waals surface area contributed by atoms with Gasteiger partial charge in [0.25, 0.3) is 5.91 Å². The molecule has 9 heteroatoms. The quantitative estimate of drug-likeness (QED) is 0.301. The first-order valence-corrected chi connectivity index (χ1v) is 11.0. The van der Waals surface area contributed by atoms with Crippen molar-refractivity contribution in [3.63, 3.8) is 0 Å². The van der Waals surface area contributed by atoms with E-state index in [4.69, 9.17) is 9.15 Å². The van der Waals surface area contributed by atoms with E-state index in [-0.39, 0.29) is 24.0 Å². The van der Waals surface area contributed by atoms with Gasteiger partial charge in [-0.15, -0.1) is 5.10 Å². The first kappa shape index (κ1) is 22.2. The van der Waals surface area contributed by atoms with E-state index in [1.54, 1.807) is 60.9 Å². The van der Waals surface area contributed by atoms with Crippen molar-refractivity contribution < 1.29 is 24.2 Å². The second-order valence-electron chi connectivity index (χ2n) is 6.93. The molecule has 0 radical (unpaired) electrons. The average Bonchev–Trinajstić information content (AvgIpc) is 3.42. The standard InChI is InChI=1S/C24H21N3O5S/c1-2-31-21-12-16(9-10-20(21)29)13-22-23(30)27(15-18-7-5-11-32-18)24(33-22)26-25-14-17-6-3-4-8-19(17)28/h3-14,28-29H,2,15H2,1H3/b22-13-,25-14+,26-24-. The lowest BCUT2D eigenvalue weighted by Crippen LogP contribution is -2.28. The fourth-order valence-electron chi connectivity index (χ4n) is 3.06. The number of amidine groups is 1. The minimum atomic E-state index is -0.251. The molecule has 0 unspecified atom stereocenters. The Bertz CT molecular complexity index is 1230. The Morgan fingerprint density at radius 2 is 1.97 bits per heavy atom. The largest absolute Gasteiger partial charge is 0.507 e. The van der Waals surface area contributed by atoms with Crippen molar-refractivity contribution in [1.29, 1.82) is 0 Å². The number of benzene rings is 2. The molecule has 1 aliphatic heterocycles. The third-order valence-corrected chi connectivity index (χ3v) is 5.64. The van der Waals surface area contributed by atoms with Gasteiger partial charge in [0.2, 0.25) is 0 Å². The number of nitrogens with zero attached hydrogens (tertiary/aromatic N) is 3. The monoisotopic (exact) mass is 463 g/mol. The number of phenols is 2. The molecule has 4 rings (SSSR count). The number of hydrogen-bond donors (Lipinski definition) is 2. The zero-order valence-electron chi connectivity index (χ0n) is 17.7. The van der Waals surface area contributed by atoms with E-state index in [0.717, 1.165) is 0 Å². The number of furan rings is 1. The number of aromatic hydroxyl groups is 2. The highest BCUT2D eigenvalue weighted by Gasteiger charge is 2.34. The van der Waals surface area contributed by atoms with Crippen LogP contribution >= 0.6 is 11.8 Å². The fraction of sp³-hybridized carbons (Fsp3) is 0.125. The van der Waals surface area contributed by atoms with Gasteiger partial charge in [-0.05, 0) is 66.7 Å². The van der Waals surface area contributed by atoms with Crippen molar-refractivity contribution in [2.75, 3.05) is 6.61 Å². The number of para-hydroxylation sites is 1. The lowest BCUT2D eigenvalue weighted by molar-refractivity contribution is -0.122. The number of carbonyl (C=O) groups excluding carboxylic acids is 1. The SMILES string of the molecule is CCOc1cc(/C=C2\S/C(=N\N=C\c3ccccc3O)N(Cc3ccco3)C2=O)ccc1O. The van der Waals surface area contributed by atoms with Crippen molar-refractivity contribution >= 4 is 35.1 Å². The molecule has 0 bridgehead atoms. The number of thioether (sulfide) groups is 1. The summed E-state index contributed by atoms with van der Waals surface area (Å²) in [6.07, 6.45) is 4.67. The average molecular weight is 464 g/mol. The number of phenolic OH excluding ortho intramolecular Hbond substituents is 2. The maximum absolute atomic E-state index is 13.2. The summed E-state index contributed by atoms with van der Waals surface area (Å²) in [5.41, 5.74) is 1.21. The predicted molar refractivity (Wildman–Crippen MR) is 127 cm³/mol. The van der Waals surface area contributed by atoms with Crippen LogP contribution in [-0.4, -0.2) is 39.0 Å². The van der Waals surface area contributed by atoms with Gasteiger partial charge in [0.15, 0.2) is 16.7 Å². The van der Waals surface area contributed by atoms with Gasteiger partial charge < -0.3 is 19.4 Å². The van der Waals surface area contributed by atoms with Crippen LogP contribution in [-0.2, 0) is 11.3 Å². The molecule has 2 N–H and O–H groups in total. The second kappa shape index (κ2) is 10.1. The number of ether oxygens (including phenoxy) is 1. The zero-order valence-corrected chi connectivity index (χ0v) is 18.5. The normalized spacial score (nSPS) is 16.4. The van der Waals surface area contributed by atoms with E-state index in [0.29, 0.717) is 39.3 Å². The molecule has 33 heavy (non-hydrogen) atoms. The van der Waals surface area contributed by atoms with E-state index in [9.17, 15) is 15.0 Å². The van der Waals surface area contributed by atoms with Crippen molar-refractivity contribution in [2.24, 2.45) is 10.2 Å². The number of hydrogen-bond acceptors (Lipinski definition) is 8. The molecular formula is C24H21N3O5S. The van der Waals surface area contributed by atoms with Gasteiger partial charge in [-0.1, -0.05) is 18.2 Å². The van der Waals surface area contributed by atoms with Crippen LogP contribution in [0.15, 0.2) is 80.4 Å². The lowest BCUT2D eigenvalue weighted by Gasteiger charge is -2.12. The maximum Gasteiger partial charge on any atom is 0.267 e. The molecular weight excluding hydrogens is 442 g/mol. The molecule has 3 aromatic rings. The lowest BCUT2D eigenvalue weighted by atomic mass is 10.2. The van der Waals surface area contributed by atoms with E-state index in [1.807, 2.05) is 6.92 Å². The molecule has 1 saturated heterocycles. The molecule has 2 heterocycles. The van der Waals surface area contributed by atoms with Crippen LogP contribution in [0.4, 0.5) is 0 Å².